The van der Waals surface area contributed by atoms with Crippen molar-refractivity contribution in [3.8, 4) is 0 Å². The van der Waals surface area contributed by atoms with E-state index in [0.29, 0.717) is 24.1 Å². The van der Waals surface area contributed by atoms with E-state index in [-0.39, 0.29) is 11.4 Å². The number of rotatable bonds is 5. The third-order valence-corrected chi connectivity index (χ3v) is 6.86. The molecule has 3 rings (SSSR count). The van der Waals surface area contributed by atoms with Gasteiger partial charge in [-0.3, -0.25) is 4.79 Å². The van der Waals surface area contributed by atoms with E-state index in [9.17, 15) is 18.0 Å². The fourth-order valence-electron chi connectivity index (χ4n) is 3.37. The standard InChI is InChI=1S/C21H24N2O5S/c1-15-9-11-18(12-10-15)29(26,27)23-13-4-3-8-19(23)20(24)22-17-7-5-6-16(14-17)21(25)28-2/h5-7,9-12,14,19H,3-4,8,13H2,1-2H3,(H,22,24)/t19-/m1/s1. The van der Waals surface area contributed by atoms with Gasteiger partial charge in [0.25, 0.3) is 0 Å². The van der Waals surface area contributed by atoms with Crippen LogP contribution in [0.4, 0.5) is 5.69 Å². The fourth-order valence-corrected chi connectivity index (χ4v) is 5.02. The van der Waals surface area contributed by atoms with Gasteiger partial charge in [0.1, 0.15) is 6.04 Å². The van der Waals surface area contributed by atoms with Crippen molar-refractivity contribution in [2.75, 3.05) is 19.0 Å². The van der Waals surface area contributed by atoms with Gasteiger partial charge in [-0.1, -0.05) is 30.2 Å². The van der Waals surface area contributed by atoms with Gasteiger partial charge < -0.3 is 10.1 Å². The van der Waals surface area contributed by atoms with Crippen molar-refractivity contribution in [2.45, 2.75) is 37.1 Å². The molecule has 1 amide bonds. The molecule has 0 aromatic heterocycles. The number of amides is 1. The SMILES string of the molecule is COC(=O)c1cccc(NC(=O)[C@H]2CCCCN2S(=O)(=O)c2ccc(C)cc2)c1. The molecule has 1 aliphatic heterocycles. The van der Waals surface area contributed by atoms with Crippen LogP contribution in [0.5, 0.6) is 0 Å². The molecule has 1 fully saturated rings. The Morgan fingerprint density at radius 2 is 1.83 bits per heavy atom. The van der Waals surface area contributed by atoms with Crippen molar-refractivity contribution in [1.82, 2.24) is 4.31 Å². The zero-order chi connectivity index (χ0) is 21.0. The van der Waals surface area contributed by atoms with E-state index in [1.807, 2.05) is 6.92 Å². The zero-order valence-electron chi connectivity index (χ0n) is 16.4. The quantitative estimate of drug-likeness (QED) is 0.757. The number of hydrogen-bond donors (Lipinski definition) is 1. The lowest BCUT2D eigenvalue weighted by molar-refractivity contribution is -0.120. The highest BCUT2D eigenvalue weighted by molar-refractivity contribution is 7.89. The Balaban J connectivity index is 1.83. The molecular formula is C21H24N2O5S. The monoisotopic (exact) mass is 416 g/mol. The van der Waals surface area contributed by atoms with Crippen LogP contribution in [0.25, 0.3) is 0 Å². The molecule has 8 heteroatoms. The second-order valence-electron chi connectivity index (χ2n) is 7.00. The number of nitrogens with zero attached hydrogens (tertiary/aromatic N) is 1. The Morgan fingerprint density at radius 3 is 2.52 bits per heavy atom. The molecule has 1 N–H and O–H groups in total. The minimum absolute atomic E-state index is 0.176. The molecule has 0 aliphatic carbocycles. The van der Waals surface area contributed by atoms with Gasteiger partial charge in [0.2, 0.25) is 15.9 Å². The van der Waals surface area contributed by atoms with E-state index in [0.717, 1.165) is 12.0 Å². The number of esters is 1. The lowest BCUT2D eigenvalue weighted by atomic mass is 10.0. The van der Waals surface area contributed by atoms with Crippen molar-refractivity contribution >= 4 is 27.6 Å². The van der Waals surface area contributed by atoms with Crippen molar-refractivity contribution in [2.24, 2.45) is 0 Å². The summed E-state index contributed by atoms with van der Waals surface area (Å²) in [4.78, 5) is 24.8. The van der Waals surface area contributed by atoms with E-state index in [4.69, 9.17) is 4.74 Å². The summed E-state index contributed by atoms with van der Waals surface area (Å²) in [5.41, 5.74) is 1.68. The Bertz CT molecular complexity index is 1000. The highest BCUT2D eigenvalue weighted by atomic mass is 32.2. The normalized spacial score (nSPS) is 17.5. The number of benzene rings is 2. The van der Waals surface area contributed by atoms with Gasteiger partial charge in [0.15, 0.2) is 0 Å². The Labute approximate surface area is 170 Å². The number of carbonyl (C=O) groups is 2. The van der Waals surface area contributed by atoms with Crippen LogP contribution in [0, 0.1) is 6.92 Å². The van der Waals surface area contributed by atoms with Gasteiger partial charge in [-0.25, -0.2) is 13.2 Å². The molecule has 2 aromatic rings. The van der Waals surface area contributed by atoms with Crippen LogP contribution in [0.3, 0.4) is 0 Å². The summed E-state index contributed by atoms with van der Waals surface area (Å²) < 4.78 is 32.2. The first kappa shape index (κ1) is 21.0. The van der Waals surface area contributed by atoms with Crippen LogP contribution in [0.15, 0.2) is 53.4 Å². The number of aryl methyl sites for hydroxylation is 1. The van der Waals surface area contributed by atoms with Crippen LogP contribution in [0.2, 0.25) is 0 Å². The number of anilines is 1. The summed E-state index contributed by atoms with van der Waals surface area (Å²) in [7, 11) is -2.51. The van der Waals surface area contributed by atoms with Gasteiger partial charge in [0.05, 0.1) is 17.6 Å². The predicted molar refractivity (Wildman–Crippen MR) is 109 cm³/mol. The fraction of sp³-hybridized carbons (Fsp3) is 0.333. The molecule has 2 aromatic carbocycles. The van der Waals surface area contributed by atoms with E-state index in [1.165, 1.54) is 17.5 Å². The summed E-state index contributed by atoms with van der Waals surface area (Å²) in [6.07, 6.45) is 1.90. The molecule has 0 radical (unpaired) electrons. The smallest absolute Gasteiger partial charge is 0.337 e. The molecular weight excluding hydrogens is 392 g/mol. The first-order valence-electron chi connectivity index (χ1n) is 9.40. The number of hydrogen-bond acceptors (Lipinski definition) is 5. The van der Waals surface area contributed by atoms with Crippen molar-refractivity contribution in [3.05, 3.63) is 59.7 Å². The average Bonchev–Trinajstić information content (AvgIpc) is 2.73. The summed E-state index contributed by atoms with van der Waals surface area (Å²) in [6, 6.07) is 12.2. The van der Waals surface area contributed by atoms with Gasteiger partial charge in [-0.05, 0) is 50.1 Å². The second kappa shape index (κ2) is 8.75. The van der Waals surface area contributed by atoms with Crippen LogP contribution < -0.4 is 5.32 Å². The number of piperidine rings is 1. The van der Waals surface area contributed by atoms with Gasteiger partial charge in [0, 0.05) is 12.2 Å². The summed E-state index contributed by atoms with van der Waals surface area (Å²) in [5.74, 6) is -0.926. The second-order valence-corrected chi connectivity index (χ2v) is 8.89. The van der Waals surface area contributed by atoms with E-state index >= 15 is 0 Å². The minimum Gasteiger partial charge on any atom is -0.465 e. The van der Waals surface area contributed by atoms with Crippen LogP contribution >= 0.6 is 0 Å². The molecule has 1 aliphatic rings. The first-order chi connectivity index (χ1) is 13.8. The largest absolute Gasteiger partial charge is 0.465 e. The van der Waals surface area contributed by atoms with Gasteiger partial charge in [-0.15, -0.1) is 0 Å². The highest BCUT2D eigenvalue weighted by Gasteiger charge is 2.37. The van der Waals surface area contributed by atoms with Crippen LogP contribution in [-0.2, 0) is 19.6 Å². The van der Waals surface area contributed by atoms with E-state index in [1.54, 1.807) is 42.5 Å². The molecule has 0 spiro atoms. The maximum absolute atomic E-state index is 13.1. The third-order valence-electron chi connectivity index (χ3n) is 4.94. The molecule has 0 bridgehead atoms. The highest BCUT2D eigenvalue weighted by Crippen LogP contribution is 2.26. The number of methoxy groups -OCH3 is 1. The molecule has 0 unspecified atom stereocenters. The van der Waals surface area contributed by atoms with Gasteiger partial charge in [-0.2, -0.15) is 4.31 Å². The molecule has 1 saturated heterocycles. The average molecular weight is 416 g/mol. The maximum atomic E-state index is 13.1. The van der Waals surface area contributed by atoms with Crippen molar-refractivity contribution in [3.63, 3.8) is 0 Å². The molecule has 29 heavy (non-hydrogen) atoms. The molecule has 1 heterocycles. The maximum Gasteiger partial charge on any atom is 0.337 e. The van der Waals surface area contributed by atoms with E-state index in [2.05, 4.69) is 5.32 Å². The van der Waals surface area contributed by atoms with E-state index < -0.39 is 27.9 Å². The Kier molecular flexibility index (Phi) is 6.34. The molecule has 7 nitrogen and oxygen atoms in total. The minimum atomic E-state index is -3.79. The number of ether oxygens (including phenoxy) is 1. The van der Waals surface area contributed by atoms with Crippen LogP contribution in [0.1, 0.15) is 35.2 Å². The first-order valence-corrected chi connectivity index (χ1v) is 10.8. The lowest BCUT2D eigenvalue weighted by Crippen LogP contribution is -2.49. The van der Waals surface area contributed by atoms with Crippen LogP contribution in [-0.4, -0.2) is 44.3 Å². The molecule has 1 atom stereocenters. The van der Waals surface area contributed by atoms with Crippen molar-refractivity contribution < 1.29 is 22.7 Å². The molecule has 0 saturated carbocycles. The summed E-state index contributed by atoms with van der Waals surface area (Å²) in [6.45, 7) is 2.17. The topological polar surface area (TPSA) is 92.8 Å². The Hall–Kier alpha value is -2.71. The third kappa shape index (κ3) is 4.65. The van der Waals surface area contributed by atoms with Crippen molar-refractivity contribution in [1.29, 1.82) is 0 Å². The predicted octanol–water partition coefficient (Wildman–Crippen LogP) is 2.96. The Morgan fingerprint density at radius 1 is 1.10 bits per heavy atom. The summed E-state index contributed by atoms with van der Waals surface area (Å²) >= 11 is 0. The molecule has 154 valence electrons. The van der Waals surface area contributed by atoms with Gasteiger partial charge >= 0.3 is 5.97 Å². The number of carbonyl (C=O) groups excluding carboxylic acids is 2. The number of nitrogens with one attached hydrogen (secondary N) is 1. The lowest BCUT2D eigenvalue weighted by Gasteiger charge is -2.33. The zero-order valence-corrected chi connectivity index (χ0v) is 17.2. The summed E-state index contributed by atoms with van der Waals surface area (Å²) in [5, 5.41) is 2.74. The number of sulfonamides is 1.